The molecule has 0 aliphatic carbocycles. The molecule has 1 aromatic carbocycles. The maximum absolute atomic E-state index is 6.10. The molecule has 0 radical (unpaired) electrons. The number of fused-ring (bicyclic) bond motifs is 1. The smallest absolute Gasteiger partial charge is 0.226 e. The van der Waals surface area contributed by atoms with Crippen molar-refractivity contribution in [1.29, 1.82) is 0 Å². The third-order valence-electron chi connectivity index (χ3n) is 3.88. The first-order chi connectivity index (χ1) is 11.6. The van der Waals surface area contributed by atoms with Crippen LogP contribution < -0.4 is 11.1 Å². The molecule has 24 heavy (non-hydrogen) atoms. The van der Waals surface area contributed by atoms with Crippen molar-refractivity contribution in [3.63, 3.8) is 0 Å². The molecule has 124 valence electrons. The highest BCUT2D eigenvalue weighted by Gasteiger charge is 2.10. The summed E-state index contributed by atoms with van der Waals surface area (Å²) in [5.41, 5.74) is 10.9. The van der Waals surface area contributed by atoms with Crippen LogP contribution in [0.4, 0.5) is 11.8 Å². The number of nitrogens with two attached hydrogens (primary N) is 1. The van der Waals surface area contributed by atoms with E-state index in [1.165, 1.54) is 0 Å². The molecule has 0 aliphatic rings. The number of ether oxygens (including phenoxy) is 1. The number of rotatable bonds is 5. The topological polar surface area (TPSA) is 86.0 Å². The average Bonchev–Trinajstić information content (AvgIpc) is 2.53. The van der Waals surface area contributed by atoms with Crippen LogP contribution in [0.3, 0.4) is 0 Å². The van der Waals surface area contributed by atoms with Crippen LogP contribution in [0.1, 0.15) is 22.4 Å². The van der Waals surface area contributed by atoms with Crippen LogP contribution in [0, 0.1) is 13.8 Å². The fourth-order valence-corrected chi connectivity index (χ4v) is 2.79. The van der Waals surface area contributed by atoms with Crippen LogP contribution in [-0.4, -0.2) is 22.1 Å². The molecular weight excluding hydrogens is 302 g/mol. The number of nitrogen functional groups attached to an aromatic ring is 1. The van der Waals surface area contributed by atoms with Gasteiger partial charge in [-0.2, -0.15) is 9.97 Å². The van der Waals surface area contributed by atoms with Gasteiger partial charge in [0.05, 0.1) is 12.0 Å². The molecule has 0 atom stereocenters. The second kappa shape index (κ2) is 6.80. The van der Waals surface area contributed by atoms with Crippen molar-refractivity contribution in [2.45, 2.75) is 27.0 Å². The minimum Gasteiger partial charge on any atom is -0.383 e. The van der Waals surface area contributed by atoms with Crippen molar-refractivity contribution >= 4 is 22.8 Å². The van der Waals surface area contributed by atoms with Crippen LogP contribution in [0.5, 0.6) is 0 Å². The summed E-state index contributed by atoms with van der Waals surface area (Å²) in [5, 5.41) is 4.04. The lowest BCUT2D eigenvalue weighted by molar-refractivity contribution is 0.184. The van der Waals surface area contributed by atoms with E-state index in [0.717, 1.165) is 27.8 Å². The number of pyridine rings is 1. The normalized spacial score (nSPS) is 11.0. The van der Waals surface area contributed by atoms with Crippen molar-refractivity contribution in [2.24, 2.45) is 0 Å². The molecule has 0 aliphatic heterocycles. The van der Waals surface area contributed by atoms with Gasteiger partial charge in [-0.1, -0.05) is 24.3 Å². The zero-order valence-corrected chi connectivity index (χ0v) is 14.1. The molecule has 0 spiro atoms. The summed E-state index contributed by atoms with van der Waals surface area (Å²) in [4.78, 5) is 13.3. The molecule has 3 aromatic rings. The molecule has 0 amide bonds. The summed E-state index contributed by atoms with van der Waals surface area (Å²) in [6, 6.07) is 10.1. The highest BCUT2D eigenvalue weighted by molar-refractivity contribution is 5.89. The van der Waals surface area contributed by atoms with Gasteiger partial charge in [-0.15, -0.1) is 0 Å². The molecule has 0 fully saturated rings. The molecular formula is C18H21N5O. The predicted molar refractivity (Wildman–Crippen MR) is 95.7 cm³/mol. The van der Waals surface area contributed by atoms with Gasteiger partial charge in [-0.05, 0) is 36.6 Å². The van der Waals surface area contributed by atoms with Gasteiger partial charge in [0, 0.05) is 19.3 Å². The van der Waals surface area contributed by atoms with E-state index in [9.17, 15) is 0 Å². The Morgan fingerprint density at radius 2 is 1.83 bits per heavy atom. The minimum absolute atomic E-state index is 0.442. The fourth-order valence-electron chi connectivity index (χ4n) is 2.79. The van der Waals surface area contributed by atoms with Gasteiger partial charge < -0.3 is 15.8 Å². The molecule has 0 bridgehead atoms. The number of nitrogens with zero attached hydrogens (tertiary/aromatic N) is 3. The third-order valence-corrected chi connectivity index (χ3v) is 3.88. The van der Waals surface area contributed by atoms with E-state index >= 15 is 0 Å². The highest BCUT2D eigenvalue weighted by Crippen LogP contribution is 2.23. The second-order valence-electron chi connectivity index (χ2n) is 5.77. The molecule has 2 heterocycles. The van der Waals surface area contributed by atoms with Gasteiger partial charge in [0.1, 0.15) is 5.82 Å². The molecule has 0 unspecified atom stereocenters. The summed E-state index contributed by atoms with van der Waals surface area (Å²) in [6.07, 6.45) is 0. The number of methoxy groups -OCH3 is 1. The first-order valence-corrected chi connectivity index (χ1v) is 7.79. The Morgan fingerprint density at radius 3 is 2.58 bits per heavy atom. The van der Waals surface area contributed by atoms with Crippen molar-refractivity contribution in [3.8, 4) is 0 Å². The molecule has 3 rings (SSSR count). The number of hydrogen-bond acceptors (Lipinski definition) is 6. The average molecular weight is 323 g/mol. The molecule has 2 aromatic heterocycles. The zero-order valence-electron chi connectivity index (χ0n) is 14.1. The van der Waals surface area contributed by atoms with Crippen molar-refractivity contribution in [2.75, 3.05) is 18.2 Å². The number of aromatic nitrogens is 3. The van der Waals surface area contributed by atoms with Crippen molar-refractivity contribution in [3.05, 3.63) is 52.7 Å². The summed E-state index contributed by atoms with van der Waals surface area (Å²) in [6.45, 7) is 5.09. The Hall–Kier alpha value is -2.73. The predicted octanol–water partition coefficient (Wildman–Crippen LogP) is 2.98. The van der Waals surface area contributed by atoms with E-state index in [0.29, 0.717) is 30.6 Å². The van der Waals surface area contributed by atoms with Crippen LogP contribution in [0.2, 0.25) is 0 Å². The van der Waals surface area contributed by atoms with Gasteiger partial charge in [0.2, 0.25) is 5.95 Å². The Kier molecular flexibility index (Phi) is 4.57. The quantitative estimate of drug-likeness (QED) is 0.751. The monoisotopic (exact) mass is 323 g/mol. The number of nitrogens with one attached hydrogen (secondary N) is 1. The van der Waals surface area contributed by atoms with E-state index in [2.05, 4.69) is 26.3 Å². The van der Waals surface area contributed by atoms with E-state index < -0.39 is 0 Å². The maximum Gasteiger partial charge on any atom is 0.226 e. The standard InChI is InChI=1S/C18H21N5O/c1-11-8-12(2)21-17-15(11)16(19)22-18(23-17)20-9-13-6-4-5-7-14(13)10-24-3/h4-8H,9-10H2,1-3H3,(H3,19,20,21,22,23). The number of benzene rings is 1. The Balaban J connectivity index is 1.89. The van der Waals surface area contributed by atoms with E-state index in [-0.39, 0.29) is 0 Å². The highest BCUT2D eigenvalue weighted by atomic mass is 16.5. The van der Waals surface area contributed by atoms with Crippen LogP contribution in [0.25, 0.3) is 11.0 Å². The van der Waals surface area contributed by atoms with Crippen LogP contribution in [0.15, 0.2) is 30.3 Å². The number of anilines is 2. The van der Waals surface area contributed by atoms with Crippen molar-refractivity contribution < 1.29 is 4.74 Å². The van der Waals surface area contributed by atoms with E-state index in [4.69, 9.17) is 10.5 Å². The fraction of sp³-hybridized carbons (Fsp3) is 0.278. The molecule has 0 saturated heterocycles. The Bertz CT molecular complexity index is 879. The van der Waals surface area contributed by atoms with Gasteiger partial charge in [0.25, 0.3) is 0 Å². The lowest BCUT2D eigenvalue weighted by atomic mass is 10.1. The lowest BCUT2D eigenvalue weighted by Gasteiger charge is -2.12. The summed E-state index contributed by atoms with van der Waals surface area (Å²) in [7, 11) is 1.69. The first kappa shape index (κ1) is 16.1. The Morgan fingerprint density at radius 1 is 1.08 bits per heavy atom. The summed E-state index contributed by atoms with van der Waals surface area (Å²) >= 11 is 0. The molecule has 3 N–H and O–H groups in total. The minimum atomic E-state index is 0.442. The van der Waals surface area contributed by atoms with Crippen LogP contribution >= 0.6 is 0 Å². The largest absolute Gasteiger partial charge is 0.383 e. The lowest BCUT2D eigenvalue weighted by Crippen LogP contribution is -2.09. The van der Waals surface area contributed by atoms with Crippen molar-refractivity contribution in [1.82, 2.24) is 15.0 Å². The van der Waals surface area contributed by atoms with E-state index in [1.807, 2.05) is 38.1 Å². The Labute approximate surface area is 141 Å². The first-order valence-electron chi connectivity index (χ1n) is 7.79. The summed E-state index contributed by atoms with van der Waals surface area (Å²) in [5.74, 6) is 0.919. The van der Waals surface area contributed by atoms with Gasteiger partial charge in [-0.3, -0.25) is 0 Å². The van der Waals surface area contributed by atoms with E-state index in [1.54, 1.807) is 7.11 Å². The summed E-state index contributed by atoms with van der Waals surface area (Å²) < 4.78 is 5.23. The van der Waals surface area contributed by atoms with Crippen LogP contribution in [-0.2, 0) is 17.9 Å². The molecule has 6 heteroatoms. The van der Waals surface area contributed by atoms with Gasteiger partial charge >= 0.3 is 0 Å². The maximum atomic E-state index is 6.10. The second-order valence-corrected chi connectivity index (χ2v) is 5.77. The zero-order chi connectivity index (χ0) is 17.1. The third kappa shape index (κ3) is 3.28. The SMILES string of the molecule is COCc1ccccc1CNc1nc(N)c2c(C)cc(C)nc2n1. The number of hydrogen-bond donors (Lipinski definition) is 2. The number of aryl methyl sites for hydroxylation is 2. The van der Waals surface area contributed by atoms with Gasteiger partial charge in [0.15, 0.2) is 5.65 Å². The molecule has 0 saturated carbocycles. The molecule has 6 nitrogen and oxygen atoms in total. The van der Waals surface area contributed by atoms with Gasteiger partial charge in [-0.25, -0.2) is 4.98 Å².